The van der Waals surface area contributed by atoms with Crippen molar-refractivity contribution < 1.29 is 13.2 Å². The van der Waals surface area contributed by atoms with Crippen molar-refractivity contribution in [3.63, 3.8) is 0 Å². The Balaban J connectivity index is 2.07. The van der Waals surface area contributed by atoms with Crippen LogP contribution in [0.1, 0.15) is 10.6 Å². The fraction of sp³-hybridized carbons (Fsp3) is 0.273. The zero-order chi connectivity index (χ0) is 13.9. The summed E-state index contributed by atoms with van der Waals surface area (Å²) in [7, 11) is 0. The van der Waals surface area contributed by atoms with E-state index in [2.05, 4.69) is 31.2 Å². The molecule has 0 radical (unpaired) electrons. The molecule has 2 rings (SSSR count). The van der Waals surface area contributed by atoms with Crippen molar-refractivity contribution in [2.75, 3.05) is 11.9 Å². The molecule has 0 aliphatic carbocycles. The van der Waals surface area contributed by atoms with Crippen LogP contribution in [0.15, 0.2) is 28.3 Å². The number of nitrogens with zero attached hydrogens (tertiary/aromatic N) is 2. The summed E-state index contributed by atoms with van der Waals surface area (Å²) >= 11 is 4.46. The van der Waals surface area contributed by atoms with Gasteiger partial charge in [-0.1, -0.05) is 0 Å². The molecule has 0 saturated carbocycles. The van der Waals surface area contributed by atoms with Crippen molar-refractivity contribution in [1.29, 1.82) is 0 Å². The number of alkyl halides is 3. The molecule has 0 amide bonds. The lowest BCUT2D eigenvalue weighted by molar-refractivity contribution is -0.137. The first-order valence-electron chi connectivity index (χ1n) is 5.32. The normalized spacial score (nSPS) is 11.6. The fourth-order valence-electron chi connectivity index (χ4n) is 1.46. The lowest BCUT2D eigenvalue weighted by Crippen LogP contribution is -2.14. The summed E-state index contributed by atoms with van der Waals surface area (Å²) in [5.74, 6) is -0.160. The zero-order valence-electron chi connectivity index (χ0n) is 9.54. The standard InChI is InChI=1S/C11H9BrF3N3S/c12-7-5-8(11(13,14)15)10(18-6-7)17-2-1-9-16-3-4-19-9/h3-6H,1-2H2,(H,17,18). The number of pyridine rings is 1. The Morgan fingerprint density at radius 1 is 1.32 bits per heavy atom. The van der Waals surface area contributed by atoms with E-state index in [-0.39, 0.29) is 5.82 Å². The van der Waals surface area contributed by atoms with Crippen molar-refractivity contribution in [1.82, 2.24) is 9.97 Å². The molecule has 0 bridgehead atoms. The molecule has 0 atom stereocenters. The molecule has 0 saturated heterocycles. The lowest BCUT2D eigenvalue weighted by atomic mass is 10.2. The van der Waals surface area contributed by atoms with Gasteiger partial charge in [-0.25, -0.2) is 9.97 Å². The third-order valence-electron chi connectivity index (χ3n) is 2.27. The Hall–Kier alpha value is -1.15. The largest absolute Gasteiger partial charge is 0.419 e. The number of halogens is 4. The van der Waals surface area contributed by atoms with Gasteiger partial charge < -0.3 is 5.32 Å². The molecule has 3 nitrogen and oxygen atoms in total. The summed E-state index contributed by atoms with van der Waals surface area (Å²) in [6.07, 6.45) is -0.868. The van der Waals surface area contributed by atoms with Crippen LogP contribution in [-0.2, 0) is 12.6 Å². The van der Waals surface area contributed by atoms with Crippen molar-refractivity contribution >= 4 is 33.1 Å². The van der Waals surface area contributed by atoms with Gasteiger partial charge in [0.15, 0.2) is 0 Å². The zero-order valence-corrected chi connectivity index (χ0v) is 11.9. The van der Waals surface area contributed by atoms with E-state index < -0.39 is 11.7 Å². The second-order valence-electron chi connectivity index (χ2n) is 3.65. The topological polar surface area (TPSA) is 37.8 Å². The smallest absolute Gasteiger partial charge is 0.369 e. The van der Waals surface area contributed by atoms with Gasteiger partial charge in [-0.05, 0) is 22.0 Å². The number of thiazole rings is 1. The highest BCUT2D eigenvalue weighted by Gasteiger charge is 2.34. The van der Waals surface area contributed by atoms with Gasteiger partial charge in [-0.3, -0.25) is 0 Å². The Kier molecular flexibility index (Phi) is 4.41. The molecule has 0 unspecified atom stereocenters. The monoisotopic (exact) mass is 351 g/mol. The molecule has 0 fully saturated rings. The second-order valence-corrected chi connectivity index (χ2v) is 5.54. The minimum atomic E-state index is -4.43. The van der Waals surface area contributed by atoms with Crippen LogP contribution in [0.4, 0.5) is 19.0 Å². The van der Waals surface area contributed by atoms with Crippen LogP contribution in [0.5, 0.6) is 0 Å². The fourth-order valence-corrected chi connectivity index (χ4v) is 2.41. The van der Waals surface area contributed by atoms with Crippen LogP contribution >= 0.6 is 27.3 Å². The van der Waals surface area contributed by atoms with Gasteiger partial charge >= 0.3 is 6.18 Å². The summed E-state index contributed by atoms with van der Waals surface area (Å²) in [5.41, 5.74) is -0.777. The van der Waals surface area contributed by atoms with E-state index >= 15 is 0 Å². The van der Waals surface area contributed by atoms with Gasteiger partial charge in [0.25, 0.3) is 0 Å². The quantitative estimate of drug-likeness (QED) is 0.905. The number of hydrogen-bond donors (Lipinski definition) is 1. The molecule has 0 spiro atoms. The van der Waals surface area contributed by atoms with Gasteiger partial charge in [0.2, 0.25) is 0 Å². The van der Waals surface area contributed by atoms with Gasteiger partial charge in [0.05, 0.1) is 10.6 Å². The van der Waals surface area contributed by atoms with E-state index in [1.54, 1.807) is 6.20 Å². The van der Waals surface area contributed by atoms with Gasteiger partial charge in [-0.2, -0.15) is 13.2 Å². The van der Waals surface area contributed by atoms with E-state index in [1.165, 1.54) is 17.5 Å². The maximum absolute atomic E-state index is 12.8. The molecular formula is C11H9BrF3N3S. The molecule has 0 aliphatic heterocycles. The molecule has 8 heteroatoms. The Bertz CT molecular complexity index is 543. The van der Waals surface area contributed by atoms with E-state index in [1.807, 2.05) is 5.38 Å². The SMILES string of the molecule is FC(F)(F)c1cc(Br)cnc1NCCc1nccs1. The number of hydrogen-bond acceptors (Lipinski definition) is 4. The van der Waals surface area contributed by atoms with Crippen LogP contribution in [-0.4, -0.2) is 16.5 Å². The van der Waals surface area contributed by atoms with Crippen LogP contribution in [0, 0.1) is 0 Å². The van der Waals surface area contributed by atoms with Crippen molar-refractivity contribution in [2.45, 2.75) is 12.6 Å². The molecule has 0 aromatic carbocycles. The third kappa shape index (κ3) is 3.90. The summed E-state index contributed by atoms with van der Waals surface area (Å²) in [4.78, 5) is 7.83. The summed E-state index contributed by atoms with van der Waals surface area (Å²) in [6, 6.07) is 1.01. The highest BCUT2D eigenvalue weighted by molar-refractivity contribution is 9.10. The van der Waals surface area contributed by atoms with E-state index in [4.69, 9.17) is 0 Å². The number of aromatic nitrogens is 2. The van der Waals surface area contributed by atoms with Crippen LogP contribution < -0.4 is 5.32 Å². The van der Waals surface area contributed by atoms with E-state index in [0.717, 1.165) is 11.1 Å². The Morgan fingerprint density at radius 3 is 2.74 bits per heavy atom. The molecular weight excluding hydrogens is 343 g/mol. The van der Waals surface area contributed by atoms with Crippen molar-refractivity contribution in [2.24, 2.45) is 0 Å². The molecule has 1 N–H and O–H groups in total. The average Bonchev–Trinajstić information content (AvgIpc) is 2.83. The number of anilines is 1. The van der Waals surface area contributed by atoms with Gasteiger partial charge in [-0.15, -0.1) is 11.3 Å². The van der Waals surface area contributed by atoms with Crippen molar-refractivity contribution in [3.05, 3.63) is 38.9 Å². The first-order chi connectivity index (χ1) is 8.97. The van der Waals surface area contributed by atoms with E-state index in [0.29, 0.717) is 17.4 Å². The minimum Gasteiger partial charge on any atom is -0.369 e. The van der Waals surface area contributed by atoms with Gasteiger partial charge in [0.1, 0.15) is 5.82 Å². The van der Waals surface area contributed by atoms with Crippen molar-refractivity contribution in [3.8, 4) is 0 Å². The summed E-state index contributed by atoms with van der Waals surface area (Å²) in [6.45, 7) is 0.352. The molecule has 2 heterocycles. The highest BCUT2D eigenvalue weighted by Crippen LogP contribution is 2.35. The maximum atomic E-state index is 12.8. The Labute approximate surface area is 120 Å². The van der Waals surface area contributed by atoms with Crippen LogP contribution in [0.3, 0.4) is 0 Å². The molecule has 19 heavy (non-hydrogen) atoms. The first kappa shape index (κ1) is 14.3. The summed E-state index contributed by atoms with van der Waals surface area (Å²) < 4.78 is 38.8. The second kappa shape index (κ2) is 5.87. The maximum Gasteiger partial charge on any atom is 0.419 e. The minimum absolute atomic E-state index is 0.160. The van der Waals surface area contributed by atoms with E-state index in [9.17, 15) is 13.2 Å². The lowest BCUT2D eigenvalue weighted by Gasteiger charge is -2.13. The molecule has 0 aliphatic rings. The predicted octanol–water partition coefficient (Wildman–Crippen LogP) is 3.97. The van der Waals surface area contributed by atoms with Crippen LogP contribution in [0.2, 0.25) is 0 Å². The Morgan fingerprint density at radius 2 is 2.11 bits per heavy atom. The number of rotatable bonds is 4. The molecule has 2 aromatic heterocycles. The predicted molar refractivity (Wildman–Crippen MR) is 71.2 cm³/mol. The highest BCUT2D eigenvalue weighted by atomic mass is 79.9. The van der Waals surface area contributed by atoms with Gasteiger partial charge in [0, 0.05) is 35.2 Å². The first-order valence-corrected chi connectivity index (χ1v) is 6.99. The number of nitrogens with one attached hydrogen (secondary N) is 1. The van der Waals surface area contributed by atoms with Crippen LogP contribution in [0.25, 0.3) is 0 Å². The molecule has 102 valence electrons. The third-order valence-corrected chi connectivity index (χ3v) is 3.55. The molecule has 2 aromatic rings. The average molecular weight is 352 g/mol. The summed E-state index contributed by atoms with van der Waals surface area (Å²) in [5, 5.41) is 5.40.